The first-order chi connectivity index (χ1) is 15.8. The molecule has 1 heterocycles. The molecule has 7 heteroatoms. The van der Waals surface area contributed by atoms with Crippen molar-refractivity contribution in [2.75, 3.05) is 37.2 Å². The number of rotatable bonds is 6. The SMILES string of the molecule is Cc1ccc(C(=O)N2CCN(C(c3ccccc3)c3ccccc3)CC2)cc1NS(C)(=O)=O. The molecule has 1 N–H and O–H groups in total. The van der Waals surface area contributed by atoms with Crippen LogP contribution in [0, 0.1) is 6.92 Å². The molecule has 0 unspecified atom stereocenters. The van der Waals surface area contributed by atoms with Crippen LogP contribution in [0.15, 0.2) is 78.9 Å². The number of aryl methyl sites for hydroxylation is 1. The number of hydrogen-bond acceptors (Lipinski definition) is 4. The van der Waals surface area contributed by atoms with Gasteiger partial charge in [0.25, 0.3) is 5.91 Å². The second kappa shape index (κ2) is 9.77. The number of nitrogens with zero attached hydrogens (tertiary/aromatic N) is 2. The number of sulfonamides is 1. The molecular formula is C26H29N3O3S. The van der Waals surface area contributed by atoms with E-state index >= 15 is 0 Å². The Kier molecular flexibility index (Phi) is 6.81. The van der Waals surface area contributed by atoms with Crippen molar-refractivity contribution < 1.29 is 13.2 Å². The number of anilines is 1. The van der Waals surface area contributed by atoms with E-state index in [4.69, 9.17) is 0 Å². The van der Waals surface area contributed by atoms with Gasteiger partial charge in [-0.15, -0.1) is 0 Å². The Morgan fingerprint density at radius 3 is 1.91 bits per heavy atom. The molecule has 0 spiro atoms. The Bertz CT molecular complexity index is 1170. The van der Waals surface area contributed by atoms with Gasteiger partial charge in [-0.25, -0.2) is 8.42 Å². The second-order valence-electron chi connectivity index (χ2n) is 8.46. The van der Waals surface area contributed by atoms with Crippen LogP contribution in [0.2, 0.25) is 0 Å². The van der Waals surface area contributed by atoms with Crippen molar-refractivity contribution in [3.8, 4) is 0 Å². The van der Waals surface area contributed by atoms with Gasteiger partial charge < -0.3 is 4.90 Å². The van der Waals surface area contributed by atoms with Crippen LogP contribution in [0.1, 0.15) is 33.1 Å². The quantitative estimate of drug-likeness (QED) is 0.602. The lowest BCUT2D eigenvalue weighted by Gasteiger charge is -2.40. The van der Waals surface area contributed by atoms with E-state index in [2.05, 4.69) is 58.2 Å². The van der Waals surface area contributed by atoms with E-state index in [0.29, 0.717) is 24.3 Å². The van der Waals surface area contributed by atoms with Crippen molar-refractivity contribution in [3.05, 3.63) is 101 Å². The maximum absolute atomic E-state index is 13.2. The molecule has 172 valence electrons. The van der Waals surface area contributed by atoms with Gasteiger partial charge >= 0.3 is 0 Å². The lowest BCUT2D eigenvalue weighted by molar-refractivity contribution is 0.0597. The van der Waals surface area contributed by atoms with Gasteiger partial charge in [0.05, 0.1) is 18.0 Å². The molecule has 1 saturated heterocycles. The molecule has 0 atom stereocenters. The second-order valence-corrected chi connectivity index (χ2v) is 10.2. The molecule has 0 radical (unpaired) electrons. The standard InChI is InChI=1S/C26H29N3O3S/c1-20-13-14-23(19-24(20)27-33(2,31)32)26(30)29-17-15-28(16-18-29)25(21-9-5-3-6-10-21)22-11-7-4-8-12-22/h3-14,19,25,27H,15-18H2,1-2H3. The molecule has 1 aliphatic rings. The van der Waals surface area contributed by atoms with Crippen LogP contribution in [-0.2, 0) is 10.0 Å². The Balaban J connectivity index is 1.50. The number of benzene rings is 3. The third kappa shape index (κ3) is 5.61. The summed E-state index contributed by atoms with van der Waals surface area (Å²) in [4.78, 5) is 17.4. The van der Waals surface area contributed by atoms with E-state index in [-0.39, 0.29) is 11.9 Å². The number of hydrogen-bond donors (Lipinski definition) is 1. The van der Waals surface area contributed by atoms with Crippen molar-refractivity contribution in [2.24, 2.45) is 0 Å². The summed E-state index contributed by atoms with van der Waals surface area (Å²) in [5.74, 6) is -0.0813. The largest absolute Gasteiger partial charge is 0.336 e. The van der Waals surface area contributed by atoms with E-state index in [1.807, 2.05) is 24.0 Å². The molecule has 0 bridgehead atoms. The summed E-state index contributed by atoms with van der Waals surface area (Å²) in [5, 5.41) is 0. The van der Waals surface area contributed by atoms with E-state index in [9.17, 15) is 13.2 Å². The predicted octanol–water partition coefficient (Wildman–Crippen LogP) is 3.91. The highest BCUT2D eigenvalue weighted by Gasteiger charge is 2.28. The Hall–Kier alpha value is -3.16. The molecule has 0 aliphatic carbocycles. The van der Waals surface area contributed by atoms with Crippen molar-refractivity contribution in [1.82, 2.24) is 9.80 Å². The smallest absolute Gasteiger partial charge is 0.254 e. The first-order valence-corrected chi connectivity index (χ1v) is 12.9. The molecule has 1 aliphatic heterocycles. The summed E-state index contributed by atoms with van der Waals surface area (Å²) < 4.78 is 25.8. The zero-order valence-electron chi connectivity index (χ0n) is 18.9. The van der Waals surface area contributed by atoms with E-state index in [1.54, 1.807) is 18.2 Å². The third-order valence-electron chi connectivity index (χ3n) is 5.98. The van der Waals surface area contributed by atoms with Crippen LogP contribution in [-0.4, -0.2) is 56.6 Å². The van der Waals surface area contributed by atoms with Gasteiger partial charge in [-0.2, -0.15) is 0 Å². The first-order valence-electron chi connectivity index (χ1n) is 11.0. The summed E-state index contributed by atoms with van der Waals surface area (Å²) in [6.07, 6.45) is 1.11. The Morgan fingerprint density at radius 1 is 0.848 bits per heavy atom. The predicted molar refractivity (Wildman–Crippen MR) is 132 cm³/mol. The van der Waals surface area contributed by atoms with Crippen molar-refractivity contribution in [3.63, 3.8) is 0 Å². The maximum Gasteiger partial charge on any atom is 0.254 e. The van der Waals surface area contributed by atoms with Gasteiger partial charge in [-0.1, -0.05) is 66.7 Å². The Morgan fingerprint density at radius 2 is 1.39 bits per heavy atom. The monoisotopic (exact) mass is 463 g/mol. The molecule has 1 amide bonds. The van der Waals surface area contributed by atoms with Gasteiger partial charge in [0.1, 0.15) is 0 Å². The first kappa shape index (κ1) is 23.0. The zero-order valence-corrected chi connectivity index (χ0v) is 19.8. The van der Waals surface area contributed by atoms with Crippen LogP contribution in [0.5, 0.6) is 0 Å². The number of amides is 1. The highest BCUT2D eigenvalue weighted by atomic mass is 32.2. The summed E-state index contributed by atoms with van der Waals surface area (Å²) in [6, 6.07) is 26.2. The van der Waals surface area contributed by atoms with Gasteiger partial charge in [-0.05, 0) is 35.7 Å². The van der Waals surface area contributed by atoms with Crippen molar-refractivity contribution >= 4 is 21.6 Å². The number of carbonyl (C=O) groups is 1. The van der Waals surface area contributed by atoms with Crippen LogP contribution >= 0.6 is 0 Å². The van der Waals surface area contributed by atoms with Crippen LogP contribution in [0.25, 0.3) is 0 Å². The summed E-state index contributed by atoms with van der Waals surface area (Å²) in [7, 11) is -3.42. The average Bonchev–Trinajstić information content (AvgIpc) is 2.81. The van der Waals surface area contributed by atoms with Crippen molar-refractivity contribution in [2.45, 2.75) is 13.0 Å². The van der Waals surface area contributed by atoms with E-state index < -0.39 is 10.0 Å². The molecule has 4 rings (SSSR count). The number of carbonyl (C=O) groups excluding carboxylic acids is 1. The van der Waals surface area contributed by atoms with E-state index in [0.717, 1.165) is 24.9 Å². The highest BCUT2D eigenvalue weighted by molar-refractivity contribution is 7.92. The average molecular weight is 464 g/mol. The minimum Gasteiger partial charge on any atom is -0.336 e. The molecular weight excluding hydrogens is 434 g/mol. The third-order valence-corrected chi connectivity index (χ3v) is 6.57. The Labute approximate surface area is 195 Å². The van der Waals surface area contributed by atoms with Gasteiger partial charge in [0.2, 0.25) is 10.0 Å². The fourth-order valence-corrected chi connectivity index (χ4v) is 4.93. The fraction of sp³-hybridized carbons (Fsp3) is 0.269. The maximum atomic E-state index is 13.2. The topological polar surface area (TPSA) is 69.7 Å². The van der Waals surface area contributed by atoms with Gasteiger partial charge in [0.15, 0.2) is 0 Å². The normalized spacial score (nSPS) is 14.9. The number of nitrogens with one attached hydrogen (secondary N) is 1. The molecule has 3 aromatic rings. The van der Waals surface area contributed by atoms with Crippen LogP contribution < -0.4 is 4.72 Å². The number of piperazine rings is 1. The van der Waals surface area contributed by atoms with Gasteiger partial charge in [0, 0.05) is 31.7 Å². The molecule has 0 saturated carbocycles. The lowest BCUT2D eigenvalue weighted by Crippen LogP contribution is -2.49. The summed E-state index contributed by atoms with van der Waals surface area (Å²) in [6.45, 7) is 4.53. The molecule has 33 heavy (non-hydrogen) atoms. The summed E-state index contributed by atoms with van der Waals surface area (Å²) in [5.41, 5.74) is 4.17. The molecule has 0 aromatic heterocycles. The molecule has 1 fully saturated rings. The fourth-order valence-electron chi connectivity index (χ4n) is 4.32. The lowest BCUT2D eigenvalue weighted by atomic mass is 9.96. The van der Waals surface area contributed by atoms with Crippen molar-refractivity contribution in [1.29, 1.82) is 0 Å². The van der Waals surface area contributed by atoms with Crippen LogP contribution in [0.3, 0.4) is 0 Å². The minimum atomic E-state index is -3.42. The molecule has 3 aromatic carbocycles. The minimum absolute atomic E-state index is 0.0813. The van der Waals surface area contributed by atoms with E-state index in [1.165, 1.54) is 11.1 Å². The highest BCUT2D eigenvalue weighted by Crippen LogP contribution is 2.30. The summed E-state index contributed by atoms with van der Waals surface area (Å²) >= 11 is 0. The zero-order chi connectivity index (χ0) is 23.4. The molecule has 6 nitrogen and oxygen atoms in total. The van der Waals surface area contributed by atoms with Crippen LogP contribution in [0.4, 0.5) is 5.69 Å². The van der Waals surface area contributed by atoms with Gasteiger partial charge in [-0.3, -0.25) is 14.4 Å².